The summed E-state index contributed by atoms with van der Waals surface area (Å²) in [6.45, 7) is 0.347. The fourth-order valence-corrected chi connectivity index (χ4v) is 5.54. The first-order chi connectivity index (χ1) is 11.0. The van der Waals surface area contributed by atoms with E-state index >= 15 is 0 Å². The Labute approximate surface area is 139 Å². The summed E-state index contributed by atoms with van der Waals surface area (Å²) < 4.78 is 27.6. The molecule has 1 saturated carbocycles. The molecular weight excluding hydrogens is 334 g/mol. The van der Waals surface area contributed by atoms with E-state index in [4.69, 9.17) is 5.11 Å². The van der Waals surface area contributed by atoms with E-state index in [1.165, 1.54) is 6.07 Å². The Morgan fingerprint density at radius 3 is 2.48 bits per heavy atom. The largest absolute Gasteiger partial charge is 0.481 e. The highest BCUT2D eigenvalue weighted by atomic mass is 32.2. The van der Waals surface area contributed by atoms with Gasteiger partial charge in [0.25, 0.3) is 10.0 Å². The van der Waals surface area contributed by atoms with Crippen LogP contribution in [-0.4, -0.2) is 29.8 Å². The van der Waals surface area contributed by atoms with Crippen LogP contribution in [0.4, 0.5) is 0 Å². The van der Waals surface area contributed by atoms with E-state index in [0.29, 0.717) is 11.4 Å². The third-order valence-electron chi connectivity index (χ3n) is 3.66. The zero-order valence-electron chi connectivity index (χ0n) is 12.4. The summed E-state index contributed by atoms with van der Waals surface area (Å²) in [4.78, 5) is 11.3. The third kappa shape index (κ3) is 3.80. The highest BCUT2D eigenvalue weighted by molar-refractivity contribution is 7.91. The lowest BCUT2D eigenvalue weighted by molar-refractivity contribution is -0.136. The Morgan fingerprint density at radius 1 is 1.17 bits per heavy atom. The normalized spacial score (nSPS) is 15.0. The van der Waals surface area contributed by atoms with Crippen LogP contribution in [0.1, 0.15) is 23.3 Å². The molecule has 3 rings (SSSR count). The standard InChI is InChI=1S/C16H17NO4S2/c18-15(19)10-14-8-9-16(22-14)23(20,21)17(13-6-7-13)11-12-4-2-1-3-5-12/h1-5,8-9,13H,6-7,10-11H2,(H,18,19). The molecule has 5 nitrogen and oxygen atoms in total. The van der Waals surface area contributed by atoms with Gasteiger partial charge in [-0.1, -0.05) is 30.3 Å². The van der Waals surface area contributed by atoms with Gasteiger partial charge < -0.3 is 5.11 Å². The van der Waals surface area contributed by atoms with Crippen molar-refractivity contribution in [3.63, 3.8) is 0 Å². The average Bonchev–Trinajstić information content (AvgIpc) is 3.24. The van der Waals surface area contributed by atoms with Gasteiger partial charge in [-0.2, -0.15) is 4.31 Å². The minimum absolute atomic E-state index is 0.0465. The van der Waals surface area contributed by atoms with Crippen LogP contribution in [-0.2, 0) is 27.8 Å². The number of carboxylic acids is 1. The molecule has 0 amide bonds. The molecular formula is C16H17NO4S2. The Balaban J connectivity index is 1.86. The van der Waals surface area contributed by atoms with Crippen molar-refractivity contribution in [1.82, 2.24) is 4.31 Å². The Kier molecular flexibility index (Phi) is 4.52. The quantitative estimate of drug-likeness (QED) is 0.832. The number of rotatable bonds is 7. The molecule has 0 bridgehead atoms. The number of sulfonamides is 1. The molecule has 1 aromatic carbocycles. The lowest BCUT2D eigenvalue weighted by Gasteiger charge is -2.21. The summed E-state index contributed by atoms with van der Waals surface area (Å²) in [6.07, 6.45) is 1.60. The molecule has 1 fully saturated rings. The number of benzene rings is 1. The Morgan fingerprint density at radius 2 is 1.87 bits per heavy atom. The number of nitrogens with zero attached hydrogens (tertiary/aromatic N) is 1. The predicted octanol–water partition coefficient (Wildman–Crippen LogP) is 2.73. The van der Waals surface area contributed by atoms with Gasteiger partial charge in [0.2, 0.25) is 0 Å². The van der Waals surface area contributed by atoms with Gasteiger partial charge in [0.05, 0.1) is 6.42 Å². The maximum Gasteiger partial charge on any atom is 0.308 e. The minimum Gasteiger partial charge on any atom is -0.481 e. The van der Waals surface area contributed by atoms with Crippen molar-refractivity contribution in [2.75, 3.05) is 0 Å². The molecule has 0 spiro atoms. The van der Waals surface area contributed by atoms with Gasteiger partial charge >= 0.3 is 5.97 Å². The van der Waals surface area contributed by atoms with Gasteiger partial charge in [-0.05, 0) is 30.5 Å². The highest BCUT2D eigenvalue weighted by Crippen LogP contribution is 2.35. The fourth-order valence-electron chi connectivity index (χ4n) is 2.39. The maximum absolute atomic E-state index is 12.9. The molecule has 0 aliphatic heterocycles. The van der Waals surface area contributed by atoms with Gasteiger partial charge in [-0.25, -0.2) is 8.42 Å². The Hall–Kier alpha value is -1.70. The number of carboxylic acid groups (broad SMARTS) is 1. The van der Waals surface area contributed by atoms with E-state index in [-0.39, 0.29) is 16.7 Å². The van der Waals surface area contributed by atoms with E-state index in [1.54, 1.807) is 10.4 Å². The molecule has 1 aliphatic rings. The van der Waals surface area contributed by atoms with Crippen LogP contribution in [0.25, 0.3) is 0 Å². The van der Waals surface area contributed by atoms with Gasteiger partial charge in [0.15, 0.2) is 0 Å². The first-order valence-electron chi connectivity index (χ1n) is 7.33. The van der Waals surface area contributed by atoms with Crippen molar-refractivity contribution in [1.29, 1.82) is 0 Å². The van der Waals surface area contributed by atoms with Gasteiger partial charge in [0.1, 0.15) is 4.21 Å². The van der Waals surface area contributed by atoms with Crippen LogP contribution in [0.3, 0.4) is 0 Å². The van der Waals surface area contributed by atoms with Gasteiger partial charge in [0, 0.05) is 17.5 Å². The molecule has 1 N–H and O–H groups in total. The van der Waals surface area contributed by atoms with Gasteiger partial charge in [-0.3, -0.25) is 4.79 Å². The summed E-state index contributed by atoms with van der Waals surface area (Å²) >= 11 is 1.04. The van der Waals surface area contributed by atoms with Crippen molar-refractivity contribution in [3.05, 3.63) is 52.9 Å². The molecule has 2 aromatic rings. The average molecular weight is 351 g/mol. The zero-order chi connectivity index (χ0) is 16.4. The summed E-state index contributed by atoms with van der Waals surface area (Å²) in [5.74, 6) is -0.959. The molecule has 23 heavy (non-hydrogen) atoms. The molecule has 0 radical (unpaired) electrons. The van der Waals surface area contributed by atoms with Crippen molar-refractivity contribution < 1.29 is 18.3 Å². The van der Waals surface area contributed by atoms with Crippen molar-refractivity contribution in [2.24, 2.45) is 0 Å². The summed E-state index contributed by atoms with van der Waals surface area (Å²) in [7, 11) is -3.59. The van der Waals surface area contributed by atoms with Crippen LogP contribution in [0.2, 0.25) is 0 Å². The first-order valence-corrected chi connectivity index (χ1v) is 9.59. The van der Waals surface area contributed by atoms with E-state index < -0.39 is 16.0 Å². The second-order valence-electron chi connectivity index (χ2n) is 5.56. The number of carbonyl (C=O) groups is 1. The van der Waals surface area contributed by atoms with Crippen molar-refractivity contribution in [3.8, 4) is 0 Å². The first kappa shape index (κ1) is 16.2. The molecule has 1 heterocycles. The van der Waals surface area contributed by atoms with E-state index in [0.717, 1.165) is 29.7 Å². The fraction of sp³-hybridized carbons (Fsp3) is 0.312. The van der Waals surface area contributed by atoms with E-state index in [1.807, 2.05) is 30.3 Å². The second kappa shape index (κ2) is 6.43. The van der Waals surface area contributed by atoms with Crippen LogP contribution in [0.15, 0.2) is 46.7 Å². The van der Waals surface area contributed by atoms with Crippen LogP contribution < -0.4 is 0 Å². The summed E-state index contributed by atoms with van der Waals surface area (Å²) in [6, 6.07) is 12.6. The molecule has 1 aromatic heterocycles. The SMILES string of the molecule is O=C(O)Cc1ccc(S(=O)(=O)N(Cc2ccccc2)C2CC2)s1. The second-order valence-corrected chi connectivity index (χ2v) is 8.84. The molecule has 0 unspecified atom stereocenters. The predicted molar refractivity (Wildman–Crippen MR) is 87.9 cm³/mol. The number of hydrogen-bond donors (Lipinski definition) is 1. The summed E-state index contributed by atoms with van der Waals surface area (Å²) in [5, 5.41) is 8.83. The van der Waals surface area contributed by atoms with E-state index in [2.05, 4.69) is 0 Å². The van der Waals surface area contributed by atoms with Gasteiger partial charge in [-0.15, -0.1) is 11.3 Å². The molecule has 1 aliphatic carbocycles. The lowest BCUT2D eigenvalue weighted by atomic mass is 10.2. The number of thiophene rings is 1. The van der Waals surface area contributed by atoms with Crippen LogP contribution >= 0.6 is 11.3 Å². The Bertz CT molecular complexity index is 794. The topological polar surface area (TPSA) is 74.7 Å². The molecule has 122 valence electrons. The van der Waals surface area contributed by atoms with E-state index in [9.17, 15) is 13.2 Å². The molecule has 0 saturated heterocycles. The van der Waals surface area contributed by atoms with Crippen molar-refractivity contribution >= 4 is 27.3 Å². The maximum atomic E-state index is 12.9. The molecule has 7 heteroatoms. The van der Waals surface area contributed by atoms with Crippen molar-refractivity contribution in [2.45, 2.75) is 36.1 Å². The number of hydrogen-bond acceptors (Lipinski definition) is 4. The minimum atomic E-state index is -3.59. The van der Waals surface area contributed by atoms with Crippen LogP contribution in [0, 0.1) is 0 Å². The zero-order valence-corrected chi connectivity index (χ0v) is 14.0. The molecule has 0 atom stereocenters. The number of aliphatic carboxylic acids is 1. The monoisotopic (exact) mass is 351 g/mol. The third-order valence-corrected chi connectivity index (χ3v) is 7.11. The lowest BCUT2D eigenvalue weighted by Crippen LogP contribution is -2.32. The highest BCUT2D eigenvalue weighted by Gasteiger charge is 2.38. The van der Waals surface area contributed by atoms with Crippen LogP contribution in [0.5, 0.6) is 0 Å². The summed E-state index contributed by atoms with van der Waals surface area (Å²) in [5.41, 5.74) is 0.949. The smallest absolute Gasteiger partial charge is 0.308 e.